The molecule has 0 saturated carbocycles. The Hall–Kier alpha value is -1.70. The lowest BCUT2D eigenvalue weighted by atomic mass is 10.2. The van der Waals surface area contributed by atoms with Crippen LogP contribution in [-0.2, 0) is 10.1 Å². The molecule has 1 rings (SSSR count). The van der Waals surface area contributed by atoms with Gasteiger partial charge in [-0.05, 0) is 6.92 Å². The molecular formula is C9H9BrN2O5. The van der Waals surface area contributed by atoms with Crippen LogP contribution in [0, 0.1) is 10.1 Å². The zero-order valence-corrected chi connectivity index (χ0v) is 10.5. The Morgan fingerprint density at radius 1 is 1.65 bits per heavy atom. The second-order valence-electron chi connectivity index (χ2n) is 2.79. The van der Waals surface area contributed by atoms with Crippen LogP contribution in [0.2, 0.25) is 0 Å². The molecule has 0 aromatic carbocycles. The van der Waals surface area contributed by atoms with E-state index in [1.54, 1.807) is 6.92 Å². The smallest absolute Gasteiger partial charge is 0.434 e. The van der Waals surface area contributed by atoms with Crippen molar-refractivity contribution in [1.82, 2.24) is 4.98 Å². The van der Waals surface area contributed by atoms with Gasteiger partial charge in [0.1, 0.15) is 5.56 Å². The maximum absolute atomic E-state index is 11.1. The first-order valence-electron chi connectivity index (χ1n) is 4.63. The highest BCUT2D eigenvalue weighted by Crippen LogP contribution is 2.28. The average Bonchev–Trinajstić information content (AvgIpc) is 2.28. The molecule has 0 radical (unpaired) electrons. The first-order valence-corrected chi connectivity index (χ1v) is 5.75. The van der Waals surface area contributed by atoms with Gasteiger partial charge in [0.05, 0.1) is 11.5 Å². The minimum Gasteiger partial charge on any atom is -0.434 e. The fourth-order valence-corrected chi connectivity index (χ4v) is 1.60. The Kier molecular flexibility index (Phi) is 4.83. The summed E-state index contributed by atoms with van der Waals surface area (Å²) >= 11 is 3.08. The summed E-state index contributed by atoms with van der Waals surface area (Å²) in [7, 11) is 0. The molecule has 0 amide bonds. The molecule has 8 heteroatoms. The van der Waals surface area contributed by atoms with Gasteiger partial charge in [-0.3, -0.25) is 10.1 Å². The van der Waals surface area contributed by atoms with Crippen molar-refractivity contribution in [3.63, 3.8) is 0 Å². The molecule has 92 valence electrons. The van der Waals surface area contributed by atoms with Gasteiger partial charge in [0.25, 0.3) is 5.69 Å². The van der Waals surface area contributed by atoms with Crippen molar-refractivity contribution >= 4 is 27.8 Å². The molecule has 0 aliphatic heterocycles. The Morgan fingerprint density at radius 2 is 2.35 bits per heavy atom. The molecule has 0 bridgehead atoms. The van der Waals surface area contributed by atoms with E-state index in [0.717, 1.165) is 0 Å². The molecule has 0 fully saturated rings. The van der Waals surface area contributed by atoms with Gasteiger partial charge in [-0.25, -0.2) is 9.78 Å². The molecular weight excluding hydrogens is 296 g/mol. The van der Waals surface area contributed by atoms with Crippen LogP contribution in [0.25, 0.3) is 0 Å². The Morgan fingerprint density at radius 3 is 2.88 bits per heavy atom. The van der Waals surface area contributed by atoms with E-state index in [0.29, 0.717) is 0 Å². The van der Waals surface area contributed by atoms with Crippen LogP contribution in [0.3, 0.4) is 0 Å². The van der Waals surface area contributed by atoms with Crippen molar-refractivity contribution in [1.29, 1.82) is 0 Å². The molecule has 0 unspecified atom stereocenters. The van der Waals surface area contributed by atoms with Crippen molar-refractivity contribution in [2.45, 2.75) is 12.3 Å². The van der Waals surface area contributed by atoms with Crippen molar-refractivity contribution in [2.75, 3.05) is 6.61 Å². The maximum Gasteiger partial charge on any atom is 0.515 e. The molecule has 1 aromatic heterocycles. The Bertz CT molecular complexity index is 437. The van der Waals surface area contributed by atoms with Crippen LogP contribution in [0.5, 0.6) is 5.88 Å². The van der Waals surface area contributed by atoms with Crippen LogP contribution in [0.4, 0.5) is 10.5 Å². The number of carbonyl (C=O) groups excluding carboxylic acids is 1. The van der Waals surface area contributed by atoms with E-state index in [4.69, 9.17) is 4.74 Å². The number of carbonyl (C=O) groups is 1. The van der Waals surface area contributed by atoms with E-state index in [1.807, 2.05) is 0 Å². The Labute approximate surface area is 105 Å². The fourth-order valence-electron chi connectivity index (χ4n) is 1.07. The number of hydrogen-bond acceptors (Lipinski definition) is 6. The molecule has 0 aliphatic rings. The van der Waals surface area contributed by atoms with Crippen LogP contribution in [0.15, 0.2) is 12.3 Å². The summed E-state index contributed by atoms with van der Waals surface area (Å²) in [5.74, 6) is -0.130. The van der Waals surface area contributed by atoms with Gasteiger partial charge < -0.3 is 9.47 Å². The second kappa shape index (κ2) is 6.14. The highest BCUT2D eigenvalue weighted by molar-refractivity contribution is 9.08. The molecule has 0 saturated heterocycles. The van der Waals surface area contributed by atoms with Gasteiger partial charge in [0.2, 0.25) is 5.88 Å². The summed E-state index contributed by atoms with van der Waals surface area (Å²) in [5, 5.41) is 10.9. The molecule has 1 heterocycles. The third-order valence-electron chi connectivity index (χ3n) is 1.76. The summed E-state index contributed by atoms with van der Waals surface area (Å²) in [6, 6.07) is 1.23. The molecule has 7 nitrogen and oxygen atoms in total. The quantitative estimate of drug-likeness (QED) is 0.367. The molecule has 0 N–H and O–H groups in total. The predicted octanol–water partition coefficient (Wildman–Crippen LogP) is 2.42. The van der Waals surface area contributed by atoms with Crippen LogP contribution in [0.1, 0.15) is 12.5 Å². The second-order valence-corrected chi connectivity index (χ2v) is 3.35. The zero-order chi connectivity index (χ0) is 12.8. The number of hydrogen-bond donors (Lipinski definition) is 0. The average molecular weight is 305 g/mol. The summed E-state index contributed by atoms with van der Waals surface area (Å²) < 4.78 is 9.32. The first-order chi connectivity index (χ1) is 8.10. The van der Waals surface area contributed by atoms with E-state index in [2.05, 4.69) is 25.7 Å². The van der Waals surface area contributed by atoms with Gasteiger partial charge in [-0.2, -0.15) is 0 Å². The number of aromatic nitrogens is 1. The Balaban J connectivity index is 3.03. The number of halogens is 1. The summed E-state index contributed by atoms with van der Waals surface area (Å²) in [5.41, 5.74) is 0.0155. The number of ether oxygens (including phenoxy) is 2. The number of nitro groups is 1. The molecule has 0 spiro atoms. The van der Waals surface area contributed by atoms with E-state index in [1.165, 1.54) is 12.3 Å². The number of pyridine rings is 1. The summed E-state index contributed by atoms with van der Waals surface area (Å²) in [4.78, 5) is 25.0. The summed E-state index contributed by atoms with van der Waals surface area (Å²) in [6.07, 6.45) is 0.251. The standard InChI is InChI=1S/C9H9BrN2O5/c1-2-16-9(13)17-8-6(5-10)7(12(14)15)3-4-11-8/h3-4H,2,5H2,1H3. The predicted molar refractivity (Wildman–Crippen MR) is 61.2 cm³/mol. The van der Waals surface area contributed by atoms with Gasteiger partial charge in [-0.1, -0.05) is 15.9 Å². The molecule has 0 atom stereocenters. The van der Waals surface area contributed by atoms with Gasteiger partial charge in [0, 0.05) is 17.6 Å². The van der Waals surface area contributed by atoms with Gasteiger partial charge in [-0.15, -0.1) is 0 Å². The van der Waals surface area contributed by atoms with Crippen molar-refractivity contribution < 1.29 is 19.2 Å². The monoisotopic (exact) mass is 304 g/mol. The van der Waals surface area contributed by atoms with E-state index in [-0.39, 0.29) is 29.1 Å². The van der Waals surface area contributed by atoms with Gasteiger partial charge >= 0.3 is 6.16 Å². The third kappa shape index (κ3) is 3.38. The van der Waals surface area contributed by atoms with Crippen LogP contribution >= 0.6 is 15.9 Å². The maximum atomic E-state index is 11.1. The van der Waals surface area contributed by atoms with Crippen LogP contribution in [-0.4, -0.2) is 22.7 Å². The van der Waals surface area contributed by atoms with E-state index < -0.39 is 11.1 Å². The minimum absolute atomic E-state index is 0.130. The van der Waals surface area contributed by atoms with Crippen LogP contribution < -0.4 is 4.74 Å². The van der Waals surface area contributed by atoms with Crippen molar-refractivity contribution in [3.8, 4) is 5.88 Å². The largest absolute Gasteiger partial charge is 0.515 e. The normalized spacial score (nSPS) is 9.76. The lowest BCUT2D eigenvalue weighted by Crippen LogP contribution is -2.12. The molecule has 0 aliphatic carbocycles. The SMILES string of the molecule is CCOC(=O)Oc1nccc([N+](=O)[O-])c1CBr. The zero-order valence-electron chi connectivity index (χ0n) is 8.88. The number of rotatable bonds is 4. The van der Waals surface area contributed by atoms with E-state index in [9.17, 15) is 14.9 Å². The van der Waals surface area contributed by atoms with E-state index >= 15 is 0 Å². The fraction of sp³-hybridized carbons (Fsp3) is 0.333. The molecule has 17 heavy (non-hydrogen) atoms. The van der Waals surface area contributed by atoms with Crippen molar-refractivity contribution in [3.05, 3.63) is 27.9 Å². The molecule has 1 aromatic rings. The van der Waals surface area contributed by atoms with Gasteiger partial charge in [0.15, 0.2) is 0 Å². The first kappa shape index (κ1) is 13.4. The lowest BCUT2D eigenvalue weighted by molar-refractivity contribution is -0.385. The van der Waals surface area contributed by atoms with Crippen molar-refractivity contribution in [2.24, 2.45) is 0 Å². The topological polar surface area (TPSA) is 91.6 Å². The number of nitrogens with zero attached hydrogens (tertiary/aromatic N) is 2. The summed E-state index contributed by atoms with van der Waals surface area (Å²) in [6.45, 7) is 1.77. The minimum atomic E-state index is -0.942. The lowest BCUT2D eigenvalue weighted by Gasteiger charge is -2.06. The highest BCUT2D eigenvalue weighted by Gasteiger charge is 2.20. The number of alkyl halides is 1. The third-order valence-corrected chi connectivity index (χ3v) is 2.32. The highest BCUT2D eigenvalue weighted by atomic mass is 79.9.